The van der Waals surface area contributed by atoms with Gasteiger partial charge in [0.2, 0.25) is 0 Å². The summed E-state index contributed by atoms with van der Waals surface area (Å²) in [5.74, 6) is -0.979. The molecule has 0 atom stereocenters. The Kier molecular flexibility index (Phi) is 1.81. The average Bonchev–Trinajstić information content (AvgIpc) is 2.16. The lowest BCUT2D eigenvalue weighted by Crippen LogP contribution is -1.98. The molecular weight excluding hydrogens is 180 g/mol. The first kappa shape index (κ1) is 8.50. The summed E-state index contributed by atoms with van der Waals surface area (Å²) >= 11 is 0. The molecular formula is C10H8N2O2. The molecule has 0 spiro atoms. The van der Waals surface area contributed by atoms with Crippen LogP contribution in [0.2, 0.25) is 0 Å². The molecule has 0 saturated heterocycles. The Morgan fingerprint density at radius 3 is 2.86 bits per heavy atom. The summed E-state index contributed by atoms with van der Waals surface area (Å²) in [5.41, 5.74) is 6.37. The highest BCUT2D eigenvalue weighted by molar-refractivity contribution is 6.03. The molecule has 0 fully saturated rings. The first-order valence-corrected chi connectivity index (χ1v) is 4.05. The van der Waals surface area contributed by atoms with Crippen LogP contribution in [0.15, 0.2) is 30.6 Å². The molecule has 1 aromatic carbocycles. The number of pyridine rings is 1. The van der Waals surface area contributed by atoms with Crippen molar-refractivity contribution in [2.45, 2.75) is 0 Å². The molecule has 3 N–H and O–H groups in total. The minimum atomic E-state index is -0.979. The number of carboxylic acids is 1. The van der Waals surface area contributed by atoms with E-state index in [1.54, 1.807) is 24.4 Å². The predicted molar refractivity (Wildman–Crippen MR) is 53.1 cm³/mol. The fourth-order valence-electron chi connectivity index (χ4n) is 1.37. The normalized spacial score (nSPS) is 10.3. The summed E-state index contributed by atoms with van der Waals surface area (Å²) in [7, 11) is 0. The van der Waals surface area contributed by atoms with Crippen LogP contribution < -0.4 is 5.73 Å². The third-order valence-corrected chi connectivity index (χ3v) is 2.01. The standard InChI is InChI=1S/C10H8N2O2/c11-7-1-2-8-6(3-7)4-12-5-9(8)10(13)14/h1-5H,11H2,(H,13,14). The number of benzene rings is 1. The van der Waals surface area contributed by atoms with Gasteiger partial charge in [-0.1, -0.05) is 6.07 Å². The number of anilines is 1. The monoisotopic (exact) mass is 188 g/mol. The molecule has 14 heavy (non-hydrogen) atoms. The quantitative estimate of drug-likeness (QED) is 0.665. The first-order chi connectivity index (χ1) is 6.68. The Morgan fingerprint density at radius 1 is 1.36 bits per heavy atom. The number of carbonyl (C=O) groups is 1. The van der Waals surface area contributed by atoms with Crippen LogP contribution in [0.5, 0.6) is 0 Å². The maximum absolute atomic E-state index is 10.8. The van der Waals surface area contributed by atoms with Crippen LogP contribution in [0.1, 0.15) is 10.4 Å². The van der Waals surface area contributed by atoms with Crippen LogP contribution in [0.3, 0.4) is 0 Å². The highest BCUT2D eigenvalue weighted by Gasteiger charge is 2.07. The van der Waals surface area contributed by atoms with Crippen LogP contribution in [0.4, 0.5) is 5.69 Å². The van der Waals surface area contributed by atoms with Gasteiger partial charge in [-0.3, -0.25) is 4.98 Å². The van der Waals surface area contributed by atoms with Gasteiger partial charge in [-0.2, -0.15) is 0 Å². The van der Waals surface area contributed by atoms with Gasteiger partial charge in [0.1, 0.15) is 0 Å². The Balaban J connectivity index is 2.81. The fraction of sp³-hybridized carbons (Fsp3) is 0. The van der Waals surface area contributed by atoms with Gasteiger partial charge >= 0.3 is 5.97 Å². The van der Waals surface area contributed by atoms with Gasteiger partial charge < -0.3 is 10.8 Å². The van der Waals surface area contributed by atoms with Gasteiger partial charge in [-0.25, -0.2) is 4.79 Å². The second-order valence-electron chi connectivity index (χ2n) is 2.97. The number of rotatable bonds is 1. The summed E-state index contributed by atoms with van der Waals surface area (Å²) in [6.07, 6.45) is 2.93. The molecule has 2 aromatic rings. The molecule has 0 aliphatic carbocycles. The van der Waals surface area contributed by atoms with E-state index in [1.165, 1.54) is 6.20 Å². The molecule has 4 nitrogen and oxygen atoms in total. The second kappa shape index (κ2) is 2.99. The molecule has 70 valence electrons. The molecule has 2 rings (SSSR count). The van der Waals surface area contributed by atoms with Gasteiger partial charge in [0.15, 0.2) is 0 Å². The van der Waals surface area contributed by atoms with E-state index < -0.39 is 5.97 Å². The molecule has 0 unspecified atom stereocenters. The Morgan fingerprint density at radius 2 is 2.14 bits per heavy atom. The van der Waals surface area contributed by atoms with E-state index in [9.17, 15) is 4.79 Å². The van der Waals surface area contributed by atoms with Crippen molar-refractivity contribution in [3.8, 4) is 0 Å². The van der Waals surface area contributed by atoms with Crippen LogP contribution in [0.25, 0.3) is 10.8 Å². The molecule has 0 radical (unpaired) electrons. The lowest BCUT2D eigenvalue weighted by molar-refractivity contribution is 0.0698. The largest absolute Gasteiger partial charge is 0.478 e. The smallest absolute Gasteiger partial charge is 0.337 e. The minimum absolute atomic E-state index is 0.197. The van der Waals surface area contributed by atoms with E-state index in [1.807, 2.05) is 0 Å². The SMILES string of the molecule is Nc1ccc2c(C(=O)O)cncc2c1. The van der Waals surface area contributed by atoms with E-state index in [4.69, 9.17) is 10.8 Å². The summed E-state index contributed by atoms with van der Waals surface area (Å²) in [6.45, 7) is 0. The molecule has 1 aromatic heterocycles. The number of nitrogen functional groups attached to an aromatic ring is 1. The number of carboxylic acid groups (broad SMARTS) is 1. The van der Waals surface area contributed by atoms with Crippen molar-refractivity contribution < 1.29 is 9.90 Å². The van der Waals surface area contributed by atoms with Gasteiger partial charge in [0, 0.05) is 23.5 Å². The summed E-state index contributed by atoms with van der Waals surface area (Å²) < 4.78 is 0. The van der Waals surface area contributed by atoms with E-state index in [2.05, 4.69) is 4.98 Å². The topological polar surface area (TPSA) is 76.2 Å². The van der Waals surface area contributed by atoms with Crippen molar-refractivity contribution in [1.82, 2.24) is 4.98 Å². The number of hydrogen-bond donors (Lipinski definition) is 2. The number of nitrogens with zero attached hydrogens (tertiary/aromatic N) is 1. The van der Waals surface area contributed by atoms with Crippen LogP contribution >= 0.6 is 0 Å². The second-order valence-corrected chi connectivity index (χ2v) is 2.97. The van der Waals surface area contributed by atoms with Gasteiger partial charge in [-0.05, 0) is 17.5 Å². The lowest BCUT2D eigenvalue weighted by atomic mass is 10.1. The van der Waals surface area contributed by atoms with E-state index in [-0.39, 0.29) is 5.56 Å². The number of nitrogens with two attached hydrogens (primary N) is 1. The van der Waals surface area contributed by atoms with Crippen molar-refractivity contribution in [2.24, 2.45) is 0 Å². The third kappa shape index (κ3) is 1.26. The highest BCUT2D eigenvalue weighted by atomic mass is 16.4. The minimum Gasteiger partial charge on any atom is -0.478 e. The van der Waals surface area contributed by atoms with Gasteiger partial charge in [-0.15, -0.1) is 0 Å². The molecule has 0 aliphatic heterocycles. The highest BCUT2D eigenvalue weighted by Crippen LogP contribution is 2.19. The fourth-order valence-corrected chi connectivity index (χ4v) is 1.37. The van der Waals surface area contributed by atoms with Crippen molar-refractivity contribution >= 4 is 22.4 Å². The van der Waals surface area contributed by atoms with Crippen molar-refractivity contribution in [1.29, 1.82) is 0 Å². The molecule has 0 amide bonds. The van der Waals surface area contributed by atoms with Gasteiger partial charge in [0.05, 0.1) is 5.56 Å². The lowest BCUT2D eigenvalue weighted by Gasteiger charge is -2.01. The van der Waals surface area contributed by atoms with Crippen LogP contribution in [-0.2, 0) is 0 Å². The summed E-state index contributed by atoms with van der Waals surface area (Å²) in [6, 6.07) is 5.07. The van der Waals surface area contributed by atoms with Crippen LogP contribution in [-0.4, -0.2) is 16.1 Å². The number of hydrogen-bond acceptors (Lipinski definition) is 3. The zero-order valence-corrected chi connectivity index (χ0v) is 7.27. The molecule has 0 bridgehead atoms. The third-order valence-electron chi connectivity index (χ3n) is 2.01. The molecule has 0 aliphatic rings. The first-order valence-electron chi connectivity index (χ1n) is 4.05. The Bertz CT molecular complexity index is 508. The Hall–Kier alpha value is -2.10. The molecule has 1 heterocycles. The maximum atomic E-state index is 10.8. The van der Waals surface area contributed by atoms with E-state index in [0.717, 1.165) is 5.39 Å². The van der Waals surface area contributed by atoms with E-state index >= 15 is 0 Å². The van der Waals surface area contributed by atoms with E-state index in [0.29, 0.717) is 11.1 Å². The summed E-state index contributed by atoms with van der Waals surface area (Å²) in [5, 5.41) is 10.3. The van der Waals surface area contributed by atoms with Crippen molar-refractivity contribution in [2.75, 3.05) is 5.73 Å². The van der Waals surface area contributed by atoms with Crippen molar-refractivity contribution in [3.63, 3.8) is 0 Å². The number of aromatic nitrogens is 1. The predicted octanol–water partition coefficient (Wildman–Crippen LogP) is 1.52. The molecule has 4 heteroatoms. The Labute approximate surface area is 80.0 Å². The van der Waals surface area contributed by atoms with Crippen LogP contribution in [0, 0.1) is 0 Å². The molecule has 0 saturated carbocycles. The van der Waals surface area contributed by atoms with Gasteiger partial charge in [0.25, 0.3) is 0 Å². The maximum Gasteiger partial charge on any atom is 0.337 e. The number of aromatic carboxylic acids is 1. The zero-order chi connectivity index (χ0) is 10.1. The average molecular weight is 188 g/mol. The van der Waals surface area contributed by atoms with Crippen molar-refractivity contribution in [3.05, 3.63) is 36.2 Å². The number of fused-ring (bicyclic) bond motifs is 1. The summed E-state index contributed by atoms with van der Waals surface area (Å²) in [4.78, 5) is 14.7. The zero-order valence-electron chi connectivity index (χ0n) is 7.27.